The third kappa shape index (κ3) is 8.36. The lowest BCUT2D eigenvalue weighted by Crippen LogP contribution is -2.44. The van der Waals surface area contributed by atoms with Gasteiger partial charge >= 0.3 is 5.97 Å². The fraction of sp³-hybridized carbons (Fsp3) is 0.571. The Labute approximate surface area is 277 Å². The summed E-state index contributed by atoms with van der Waals surface area (Å²) in [4.78, 5) is 13.3. The maximum Gasteiger partial charge on any atom is 0.306 e. The van der Waals surface area contributed by atoms with Crippen molar-refractivity contribution in [3.05, 3.63) is 66.2 Å². The summed E-state index contributed by atoms with van der Waals surface area (Å²) in [7, 11) is -2.62. The van der Waals surface area contributed by atoms with Crippen LogP contribution in [0.3, 0.4) is 0 Å². The molecule has 256 valence electrons. The topological polar surface area (TPSA) is 133 Å². The van der Waals surface area contributed by atoms with Crippen LogP contribution in [0.1, 0.15) is 37.7 Å². The molecule has 6 rings (SSSR count). The van der Waals surface area contributed by atoms with Crippen molar-refractivity contribution < 1.29 is 42.0 Å². The highest BCUT2D eigenvalue weighted by atomic mass is 32.2. The molecule has 4 aliphatic rings. The summed E-state index contributed by atoms with van der Waals surface area (Å²) in [6.45, 7) is 1.70. The Morgan fingerprint density at radius 1 is 1.13 bits per heavy atom. The second-order valence-electron chi connectivity index (χ2n) is 12.9. The number of benzene rings is 2. The summed E-state index contributed by atoms with van der Waals surface area (Å²) < 4.78 is 58.9. The van der Waals surface area contributed by atoms with Gasteiger partial charge in [-0.3, -0.25) is 4.79 Å². The molecule has 7 atom stereocenters. The monoisotopic (exact) mass is 670 g/mol. The van der Waals surface area contributed by atoms with E-state index >= 15 is 0 Å². The van der Waals surface area contributed by atoms with Gasteiger partial charge in [-0.25, -0.2) is 8.42 Å². The predicted molar refractivity (Wildman–Crippen MR) is 173 cm³/mol. The first-order valence-corrected chi connectivity index (χ1v) is 18.1. The molecule has 0 amide bonds. The Morgan fingerprint density at radius 3 is 2.81 bits per heavy atom. The van der Waals surface area contributed by atoms with Gasteiger partial charge in [0.2, 0.25) is 10.0 Å². The molecule has 2 aromatic carbocycles. The fourth-order valence-corrected chi connectivity index (χ4v) is 8.61. The number of rotatable bonds is 9. The number of aliphatic hydroxyl groups excluding tert-OH is 1. The minimum absolute atomic E-state index is 0.00389. The molecular formula is C35H46N2O9S. The molecule has 12 heteroatoms. The zero-order valence-corrected chi connectivity index (χ0v) is 27.7. The number of fused-ring (bicyclic) bond motifs is 4. The second kappa shape index (κ2) is 15.5. The number of esters is 1. The van der Waals surface area contributed by atoms with Gasteiger partial charge in [-0.15, -0.1) is 0 Å². The molecular weight excluding hydrogens is 624 g/mol. The number of hydrogen-bond acceptors (Lipinski definition) is 10. The molecule has 2 unspecified atom stereocenters. The Hall–Kier alpha value is -3.00. The molecule has 3 heterocycles. The van der Waals surface area contributed by atoms with Gasteiger partial charge in [-0.05, 0) is 55.7 Å². The molecule has 2 saturated heterocycles. The predicted octanol–water partition coefficient (Wildman–Crippen LogP) is 3.31. The number of allylic oxidation sites excluding steroid dienone is 1. The van der Waals surface area contributed by atoms with Gasteiger partial charge in [-0.2, -0.15) is 4.31 Å². The number of aliphatic hydroxyl groups is 1. The number of carbonyl (C=O) groups excluding carboxylic acids is 1. The average Bonchev–Trinajstić information content (AvgIpc) is 3.81. The van der Waals surface area contributed by atoms with Crippen LogP contribution in [0.25, 0.3) is 0 Å². The van der Waals surface area contributed by atoms with Crippen LogP contribution < -0.4 is 14.8 Å². The minimum Gasteiger partial charge on any atom is -0.497 e. The molecule has 11 nitrogen and oxygen atoms in total. The highest BCUT2D eigenvalue weighted by Crippen LogP contribution is 2.37. The third-order valence-electron chi connectivity index (χ3n) is 9.67. The smallest absolute Gasteiger partial charge is 0.306 e. The lowest BCUT2D eigenvalue weighted by Gasteiger charge is -2.30. The number of ether oxygens (including phenoxy) is 5. The number of hydrogen-bond donors (Lipinski definition) is 2. The van der Waals surface area contributed by atoms with Crippen LogP contribution in [-0.2, 0) is 35.4 Å². The van der Waals surface area contributed by atoms with E-state index < -0.39 is 34.1 Å². The van der Waals surface area contributed by atoms with Gasteiger partial charge in [0.1, 0.15) is 22.5 Å². The van der Waals surface area contributed by atoms with Crippen molar-refractivity contribution in [3.63, 3.8) is 0 Å². The van der Waals surface area contributed by atoms with Crippen LogP contribution in [-0.4, -0.2) is 94.9 Å². The first-order valence-electron chi connectivity index (χ1n) is 16.7. The van der Waals surface area contributed by atoms with E-state index in [4.69, 9.17) is 23.7 Å². The van der Waals surface area contributed by atoms with Gasteiger partial charge in [-0.1, -0.05) is 42.5 Å². The standard InChI is InChI=1S/C35H46N2O9S/c1-42-27-11-12-33-31(21-27)45-28-10-9-25(19-28)8-5-14-36-15-16-37(47(33,40)41)22-30(38)26(18-24-6-3-2-4-7-24)20-34(39)46-32-23-44-35-29(32)13-17-43-35/h2-8,11-12,21,25-26,28-30,32,35-36,38H,9-10,13-20,22-23H2,1H3/b8-5-/t25?,26-,28?,29+,30-,32+,35-/m1/s1. The van der Waals surface area contributed by atoms with Crippen molar-refractivity contribution in [2.24, 2.45) is 17.8 Å². The van der Waals surface area contributed by atoms with Gasteiger partial charge in [0.05, 0.1) is 44.9 Å². The average molecular weight is 671 g/mol. The summed E-state index contributed by atoms with van der Waals surface area (Å²) in [5, 5.41) is 15.1. The van der Waals surface area contributed by atoms with Gasteiger partial charge in [0, 0.05) is 38.2 Å². The van der Waals surface area contributed by atoms with Crippen molar-refractivity contribution >= 4 is 16.0 Å². The normalized spacial score (nSPS) is 29.4. The van der Waals surface area contributed by atoms with Crippen molar-refractivity contribution in [3.8, 4) is 11.5 Å². The van der Waals surface area contributed by atoms with Gasteiger partial charge in [0.15, 0.2) is 6.29 Å². The zero-order chi connectivity index (χ0) is 32.8. The highest BCUT2D eigenvalue weighted by Gasteiger charge is 2.44. The molecule has 0 aromatic heterocycles. The summed E-state index contributed by atoms with van der Waals surface area (Å²) in [6, 6.07) is 14.3. The molecule has 1 saturated carbocycles. The SMILES string of the molecule is COc1ccc2c(c1)OC1CCC(/C=C\CNCCN(C[C@@H](O)[C@@H](CC(=O)O[C@H]3CO[C@H]4OCC[C@H]43)Cc3ccccc3)S2(=O)=O)C1. The summed E-state index contributed by atoms with van der Waals surface area (Å²) in [6.07, 6.45) is 5.87. The Balaban J connectivity index is 1.24. The molecule has 0 spiro atoms. The largest absolute Gasteiger partial charge is 0.497 e. The molecule has 3 fully saturated rings. The number of methoxy groups -OCH3 is 1. The van der Waals surface area contributed by atoms with E-state index in [1.807, 2.05) is 30.3 Å². The number of β-amino-alcohol motifs (C(OH)–C–C–N with tert-alkyl or cyclic N) is 1. The third-order valence-corrected chi connectivity index (χ3v) is 11.6. The number of nitrogens with one attached hydrogen (secondary N) is 1. The molecule has 3 aliphatic heterocycles. The highest BCUT2D eigenvalue weighted by molar-refractivity contribution is 7.89. The van der Waals surface area contributed by atoms with Crippen LogP contribution >= 0.6 is 0 Å². The van der Waals surface area contributed by atoms with Crippen LogP contribution in [0, 0.1) is 17.8 Å². The molecule has 2 N–H and O–H groups in total. The van der Waals surface area contributed by atoms with Crippen LogP contribution in [0.15, 0.2) is 65.6 Å². The van der Waals surface area contributed by atoms with Crippen LogP contribution in [0.5, 0.6) is 11.5 Å². The van der Waals surface area contributed by atoms with Crippen molar-refractivity contribution in [1.29, 1.82) is 0 Å². The summed E-state index contributed by atoms with van der Waals surface area (Å²) >= 11 is 0. The van der Waals surface area contributed by atoms with E-state index in [0.717, 1.165) is 31.2 Å². The Morgan fingerprint density at radius 2 is 1.98 bits per heavy atom. The van der Waals surface area contributed by atoms with E-state index in [0.29, 0.717) is 37.8 Å². The molecule has 47 heavy (non-hydrogen) atoms. The molecule has 2 bridgehead atoms. The van der Waals surface area contributed by atoms with Crippen LogP contribution in [0.2, 0.25) is 0 Å². The quantitative estimate of drug-likeness (QED) is 0.303. The summed E-state index contributed by atoms with van der Waals surface area (Å²) in [5.74, 6) is 0.0432. The van der Waals surface area contributed by atoms with E-state index in [9.17, 15) is 18.3 Å². The maximum atomic E-state index is 14.4. The lowest BCUT2D eigenvalue weighted by molar-refractivity contribution is -0.153. The molecule has 1 aliphatic carbocycles. The maximum absolute atomic E-state index is 14.4. The van der Waals surface area contributed by atoms with Gasteiger partial charge in [0.25, 0.3) is 0 Å². The van der Waals surface area contributed by atoms with Gasteiger partial charge < -0.3 is 34.1 Å². The zero-order valence-electron chi connectivity index (χ0n) is 26.9. The molecule has 2 aromatic rings. The van der Waals surface area contributed by atoms with Crippen molar-refractivity contribution in [1.82, 2.24) is 9.62 Å². The van der Waals surface area contributed by atoms with Crippen molar-refractivity contribution in [2.45, 2.75) is 68.0 Å². The first-order chi connectivity index (χ1) is 22.8. The van der Waals surface area contributed by atoms with E-state index in [-0.39, 0.29) is 55.1 Å². The Kier molecular flexibility index (Phi) is 11.2. The second-order valence-corrected chi connectivity index (χ2v) is 14.8. The number of nitrogens with zero attached hydrogens (tertiary/aromatic N) is 1. The minimum atomic E-state index is -4.14. The number of sulfonamides is 1. The number of carbonyl (C=O) groups is 1. The van der Waals surface area contributed by atoms with Crippen molar-refractivity contribution in [2.75, 3.05) is 46.5 Å². The van der Waals surface area contributed by atoms with E-state index in [2.05, 4.69) is 17.5 Å². The first kappa shape index (κ1) is 33.9. The van der Waals surface area contributed by atoms with E-state index in [1.165, 1.54) is 17.5 Å². The van der Waals surface area contributed by atoms with E-state index in [1.54, 1.807) is 12.1 Å². The lowest BCUT2D eigenvalue weighted by atomic mass is 9.90. The fourth-order valence-electron chi connectivity index (χ4n) is 7.05. The summed E-state index contributed by atoms with van der Waals surface area (Å²) in [5.41, 5.74) is 0.927. The Bertz CT molecular complexity index is 1490. The molecule has 0 radical (unpaired) electrons. The van der Waals surface area contributed by atoms with Crippen LogP contribution in [0.4, 0.5) is 0 Å².